The number of hydrogen-bond acceptors (Lipinski definition) is 2. The standard InChI is InChI=1S/C15H13ClINO2/c16-12-3-1-2-11(8-12)9-18-15(19)10-20-14-6-4-13(17)5-7-14/h1-8H,9-10H2,(H,18,19). The number of amides is 1. The molecule has 104 valence electrons. The van der Waals surface area contributed by atoms with Crippen molar-refractivity contribution < 1.29 is 9.53 Å². The predicted octanol–water partition coefficient (Wildman–Crippen LogP) is 3.64. The molecule has 0 aromatic heterocycles. The number of carbonyl (C=O) groups is 1. The van der Waals surface area contributed by atoms with Gasteiger partial charge in [-0.25, -0.2) is 0 Å². The molecule has 1 N–H and O–H groups in total. The van der Waals surface area contributed by atoms with Gasteiger partial charge in [-0.3, -0.25) is 4.79 Å². The zero-order valence-electron chi connectivity index (χ0n) is 10.6. The molecule has 0 unspecified atom stereocenters. The largest absolute Gasteiger partial charge is 0.484 e. The van der Waals surface area contributed by atoms with Crippen molar-refractivity contribution in [2.45, 2.75) is 6.54 Å². The van der Waals surface area contributed by atoms with E-state index in [2.05, 4.69) is 27.9 Å². The van der Waals surface area contributed by atoms with Crippen LogP contribution in [0.3, 0.4) is 0 Å². The zero-order chi connectivity index (χ0) is 14.4. The highest BCUT2D eigenvalue weighted by atomic mass is 127. The summed E-state index contributed by atoms with van der Waals surface area (Å²) in [6.45, 7) is 0.441. The van der Waals surface area contributed by atoms with Crippen molar-refractivity contribution >= 4 is 40.1 Å². The normalized spacial score (nSPS) is 10.1. The molecule has 2 aromatic rings. The molecule has 0 bridgehead atoms. The molecular formula is C15H13ClINO2. The van der Waals surface area contributed by atoms with Crippen molar-refractivity contribution in [3.05, 3.63) is 62.7 Å². The van der Waals surface area contributed by atoms with E-state index in [0.29, 0.717) is 17.3 Å². The third kappa shape index (κ3) is 5.02. The van der Waals surface area contributed by atoms with Crippen LogP contribution in [0, 0.1) is 3.57 Å². The average molecular weight is 402 g/mol. The number of rotatable bonds is 5. The minimum atomic E-state index is -0.163. The Morgan fingerprint density at radius 3 is 2.65 bits per heavy atom. The molecule has 0 fully saturated rings. The van der Waals surface area contributed by atoms with Gasteiger partial charge in [0.2, 0.25) is 0 Å². The lowest BCUT2D eigenvalue weighted by Crippen LogP contribution is -2.28. The van der Waals surface area contributed by atoms with Crippen molar-refractivity contribution in [1.82, 2.24) is 5.32 Å². The second kappa shape index (κ2) is 7.50. The molecule has 0 radical (unpaired) electrons. The van der Waals surface area contributed by atoms with Gasteiger partial charge in [0.05, 0.1) is 0 Å². The van der Waals surface area contributed by atoms with E-state index >= 15 is 0 Å². The second-order valence-electron chi connectivity index (χ2n) is 4.15. The van der Waals surface area contributed by atoms with Gasteiger partial charge in [-0.05, 0) is 64.6 Å². The lowest BCUT2D eigenvalue weighted by atomic mass is 10.2. The molecule has 0 heterocycles. The second-order valence-corrected chi connectivity index (χ2v) is 5.83. The number of hydrogen-bond donors (Lipinski definition) is 1. The zero-order valence-corrected chi connectivity index (χ0v) is 13.5. The molecule has 1 amide bonds. The van der Waals surface area contributed by atoms with Crippen molar-refractivity contribution in [1.29, 1.82) is 0 Å². The molecule has 0 atom stereocenters. The van der Waals surface area contributed by atoms with Crippen LogP contribution in [0.25, 0.3) is 0 Å². The van der Waals surface area contributed by atoms with E-state index in [-0.39, 0.29) is 12.5 Å². The van der Waals surface area contributed by atoms with Gasteiger partial charge in [0.1, 0.15) is 5.75 Å². The summed E-state index contributed by atoms with van der Waals surface area (Å²) in [5.74, 6) is 0.520. The number of ether oxygens (including phenoxy) is 1. The van der Waals surface area contributed by atoms with Gasteiger partial charge in [-0.15, -0.1) is 0 Å². The van der Waals surface area contributed by atoms with Crippen LogP contribution in [0.4, 0.5) is 0 Å². The molecule has 0 aliphatic carbocycles. The molecule has 0 spiro atoms. The van der Waals surface area contributed by atoms with Gasteiger partial charge in [0.15, 0.2) is 6.61 Å². The summed E-state index contributed by atoms with van der Waals surface area (Å²) in [4.78, 5) is 11.7. The number of nitrogens with one attached hydrogen (secondary N) is 1. The van der Waals surface area contributed by atoms with E-state index in [1.165, 1.54) is 0 Å². The Balaban J connectivity index is 1.77. The topological polar surface area (TPSA) is 38.3 Å². The van der Waals surface area contributed by atoms with Gasteiger partial charge in [0.25, 0.3) is 5.91 Å². The monoisotopic (exact) mass is 401 g/mol. The first-order valence-electron chi connectivity index (χ1n) is 6.03. The van der Waals surface area contributed by atoms with Gasteiger partial charge in [-0.1, -0.05) is 23.7 Å². The number of carbonyl (C=O) groups excluding carboxylic acids is 1. The van der Waals surface area contributed by atoms with Crippen LogP contribution in [0.5, 0.6) is 5.75 Å². The van der Waals surface area contributed by atoms with Crippen LogP contribution >= 0.6 is 34.2 Å². The third-order valence-corrected chi connectivity index (χ3v) is 3.52. The fraction of sp³-hybridized carbons (Fsp3) is 0.133. The summed E-state index contributed by atoms with van der Waals surface area (Å²) in [5.41, 5.74) is 0.958. The highest BCUT2D eigenvalue weighted by Crippen LogP contribution is 2.13. The molecule has 2 rings (SSSR count). The summed E-state index contributed by atoms with van der Waals surface area (Å²) in [6, 6.07) is 14.9. The minimum absolute atomic E-state index is 0.00115. The molecule has 20 heavy (non-hydrogen) atoms. The van der Waals surface area contributed by atoms with Crippen LogP contribution < -0.4 is 10.1 Å². The van der Waals surface area contributed by atoms with E-state index < -0.39 is 0 Å². The molecule has 0 aliphatic rings. The Morgan fingerprint density at radius 2 is 1.95 bits per heavy atom. The maximum absolute atomic E-state index is 11.7. The van der Waals surface area contributed by atoms with Crippen molar-refractivity contribution in [2.75, 3.05) is 6.61 Å². The number of halogens is 2. The summed E-state index contributed by atoms with van der Waals surface area (Å²) < 4.78 is 6.52. The van der Waals surface area contributed by atoms with E-state index in [9.17, 15) is 4.79 Å². The van der Waals surface area contributed by atoms with Gasteiger partial charge < -0.3 is 10.1 Å². The van der Waals surface area contributed by atoms with Crippen molar-refractivity contribution in [2.24, 2.45) is 0 Å². The maximum atomic E-state index is 11.7. The summed E-state index contributed by atoms with van der Waals surface area (Å²) in [7, 11) is 0. The molecular weight excluding hydrogens is 389 g/mol. The minimum Gasteiger partial charge on any atom is -0.484 e. The van der Waals surface area contributed by atoms with E-state index in [1.54, 1.807) is 6.07 Å². The predicted molar refractivity (Wildman–Crippen MR) is 88.0 cm³/mol. The Labute approximate surface area is 136 Å². The van der Waals surface area contributed by atoms with E-state index in [1.807, 2.05) is 42.5 Å². The molecule has 3 nitrogen and oxygen atoms in total. The van der Waals surface area contributed by atoms with Gasteiger partial charge in [-0.2, -0.15) is 0 Å². The maximum Gasteiger partial charge on any atom is 0.258 e. The third-order valence-electron chi connectivity index (χ3n) is 2.56. The molecule has 2 aromatic carbocycles. The van der Waals surface area contributed by atoms with Crippen LogP contribution in [-0.4, -0.2) is 12.5 Å². The summed E-state index contributed by atoms with van der Waals surface area (Å²) in [6.07, 6.45) is 0. The van der Waals surface area contributed by atoms with Crippen molar-refractivity contribution in [3.63, 3.8) is 0 Å². The summed E-state index contributed by atoms with van der Waals surface area (Å²) >= 11 is 8.09. The average Bonchev–Trinajstić information content (AvgIpc) is 2.45. The van der Waals surface area contributed by atoms with E-state index in [0.717, 1.165) is 9.13 Å². The molecule has 5 heteroatoms. The lowest BCUT2D eigenvalue weighted by Gasteiger charge is -2.08. The highest BCUT2D eigenvalue weighted by molar-refractivity contribution is 14.1. The Morgan fingerprint density at radius 1 is 1.20 bits per heavy atom. The quantitative estimate of drug-likeness (QED) is 0.777. The first kappa shape index (κ1) is 15.1. The SMILES string of the molecule is O=C(COc1ccc(I)cc1)NCc1cccc(Cl)c1. The van der Waals surface area contributed by atoms with Crippen LogP contribution in [0.15, 0.2) is 48.5 Å². The first-order chi connectivity index (χ1) is 9.63. The van der Waals surface area contributed by atoms with Crippen LogP contribution in [0.1, 0.15) is 5.56 Å². The van der Waals surface area contributed by atoms with Crippen LogP contribution in [0.2, 0.25) is 5.02 Å². The van der Waals surface area contributed by atoms with Gasteiger partial charge >= 0.3 is 0 Å². The summed E-state index contributed by atoms with van der Waals surface area (Å²) in [5, 5.41) is 3.44. The Hall–Kier alpha value is -1.27. The number of benzene rings is 2. The van der Waals surface area contributed by atoms with Crippen LogP contribution in [-0.2, 0) is 11.3 Å². The Kier molecular flexibility index (Phi) is 5.67. The molecule has 0 saturated heterocycles. The smallest absolute Gasteiger partial charge is 0.258 e. The van der Waals surface area contributed by atoms with E-state index in [4.69, 9.17) is 16.3 Å². The fourth-order valence-corrected chi connectivity index (χ4v) is 2.15. The fourth-order valence-electron chi connectivity index (χ4n) is 1.58. The Bertz CT molecular complexity index is 587. The lowest BCUT2D eigenvalue weighted by molar-refractivity contribution is -0.123. The highest BCUT2D eigenvalue weighted by Gasteiger charge is 2.03. The van der Waals surface area contributed by atoms with Crippen molar-refractivity contribution in [3.8, 4) is 5.75 Å². The molecule has 0 aliphatic heterocycles. The molecule has 0 saturated carbocycles. The van der Waals surface area contributed by atoms with Gasteiger partial charge in [0, 0.05) is 15.1 Å². The first-order valence-corrected chi connectivity index (χ1v) is 7.48.